The van der Waals surface area contributed by atoms with Crippen molar-refractivity contribution in [1.29, 1.82) is 0 Å². The SMILES string of the molecule is C.Cc1cccc(C(=O)c2cc(-c3c(C)noc3C)cc3c2nc(C2CC2)n3C(=O)OC(C)(C)C)n1.Cc1cccc(C(O)(c2ccccn2)c2cc(-c3c(C)noc3C)cc3[nH]c(C4CC4)nc23)n1.[Br-].[Mg+2].[c-]1ccccn1. The Hall–Kier alpha value is -7.25. The molecule has 0 saturated heterocycles. The van der Waals surface area contributed by atoms with Gasteiger partial charge in [-0.05, 0) is 160 Å². The van der Waals surface area contributed by atoms with Crippen LogP contribution in [0.4, 0.5) is 4.79 Å². The van der Waals surface area contributed by atoms with E-state index in [1.165, 1.54) is 4.57 Å². The van der Waals surface area contributed by atoms with Crippen molar-refractivity contribution >= 4 is 57.0 Å². The zero-order chi connectivity index (χ0) is 52.8. The molecule has 0 radical (unpaired) electrons. The number of hydrogen-bond donors (Lipinski definition) is 2. The average molecular weight is 1120 g/mol. The molecule has 1 unspecified atom stereocenters. The van der Waals surface area contributed by atoms with Crippen LogP contribution in [0.15, 0.2) is 119 Å². The summed E-state index contributed by atoms with van der Waals surface area (Å²) in [5, 5.41) is 20.8. The van der Waals surface area contributed by atoms with Gasteiger partial charge in [-0.15, -0.1) is 0 Å². The van der Waals surface area contributed by atoms with Crippen LogP contribution >= 0.6 is 0 Å². The third-order valence-corrected chi connectivity index (χ3v) is 13.1. The summed E-state index contributed by atoms with van der Waals surface area (Å²) >= 11 is 0. The van der Waals surface area contributed by atoms with Crippen LogP contribution in [0, 0.1) is 47.7 Å². The summed E-state index contributed by atoms with van der Waals surface area (Å²) in [4.78, 5) is 57.8. The Labute approximate surface area is 479 Å². The number of nitrogens with zero attached hydrogens (tertiary/aromatic N) is 9. The number of rotatable bonds is 9. The summed E-state index contributed by atoms with van der Waals surface area (Å²) < 4.78 is 18.1. The summed E-state index contributed by atoms with van der Waals surface area (Å²) in [5.41, 5.74) is 8.91. The minimum atomic E-state index is -1.61. The number of carbonyl (C=O) groups is 2. The number of halogens is 1. The molecule has 78 heavy (non-hydrogen) atoms. The minimum Gasteiger partial charge on any atom is -1.00 e. The number of aromatic amines is 1. The number of fused-ring (bicyclic) bond motifs is 2. The normalized spacial score (nSPS) is 13.6. The number of aromatic nitrogens is 10. The van der Waals surface area contributed by atoms with Crippen molar-refractivity contribution in [2.24, 2.45) is 0 Å². The molecule has 0 spiro atoms. The number of aliphatic hydroxyl groups is 1. The number of imidazole rings is 2. The van der Waals surface area contributed by atoms with Gasteiger partial charge in [0, 0.05) is 46.1 Å². The Kier molecular flexibility index (Phi) is 17.8. The number of nitrogens with one attached hydrogen (secondary N) is 1. The second-order valence-electron chi connectivity index (χ2n) is 20.2. The van der Waals surface area contributed by atoms with E-state index in [-0.39, 0.29) is 59.2 Å². The molecule has 0 aliphatic heterocycles. The first-order chi connectivity index (χ1) is 36.0. The molecule has 8 aromatic heterocycles. The van der Waals surface area contributed by atoms with Crippen LogP contribution in [-0.4, -0.2) is 95.4 Å². The second kappa shape index (κ2) is 23.8. The number of ketones is 1. The van der Waals surface area contributed by atoms with Crippen molar-refractivity contribution in [3.63, 3.8) is 0 Å². The molecule has 18 heteroatoms. The van der Waals surface area contributed by atoms with E-state index >= 15 is 0 Å². The van der Waals surface area contributed by atoms with Crippen molar-refractivity contribution in [2.75, 3.05) is 0 Å². The smallest absolute Gasteiger partial charge is 1.00 e. The molecular formula is C60H61BrMgN10O6. The maximum atomic E-state index is 13.7. The van der Waals surface area contributed by atoms with Gasteiger partial charge in [0.05, 0.1) is 44.9 Å². The van der Waals surface area contributed by atoms with Crippen LogP contribution < -0.4 is 17.0 Å². The Morgan fingerprint density at radius 3 is 1.87 bits per heavy atom. The van der Waals surface area contributed by atoms with E-state index < -0.39 is 17.3 Å². The van der Waals surface area contributed by atoms with Crippen LogP contribution in [0.5, 0.6) is 0 Å². The van der Waals surface area contributed by atoms with Crippen molar-refractivity contribution in [3.05, 3.63) is 190 Å². The van der Waals surface area contributed by atoms with E-state index in [0.717, 1.165) is 82.1 Å². The first-order valence-electron chi connectivity index (χ1n) is 25.0. The fourth-order valence-electron chi connectivity index (χ4n) is 9.34. The number of aryl methyl sites for hydroxylation is 6. The third kappa shape index (κ3) is 12.1. The molecule has 16 nitrogen and oxygen atoms in total. The van der Waals surface area contributed by atoms with Gasteiger partial charge >= 0.3 is 29.1 Å². The fourth-order valence-corrected chi connectivity index (χ4v) is 9.34. The maximum Gasteiger partial charge on any atom is 2.00 e. The second-order valence-corrected chi connectivity index (χ2v) is 20.2. The molecule has 2 fully saturated rings. The fraction of sp³-hybridized carbons (Fsp3) is 0.300. The van der Waals surface area contributed by atoms with Gasteiger partial charge in [0.1, 0.15) is 40.0 Å². The number of hydrogen-bond acceptors (Lipinski definition) is 14. The first-order valence-corrected chi connectivity index (χ1v) is 25.0. The van der Waals surface area contributed by atoms with Crippen molar-refractivity contribution in [1.82, 2.24) is 49.8 Å². The molecule has 2 N–H and O–H groups in total. The predicted molar refractivity (Wildman–Crippen MR) is 295 cm³/mol. The Bertz CT molecular complexity index is 3680. The summed E-state index contributed by atoms with van der Waals surface area (Å²) in [5.74, 6) is 3.24. The van der Waals surface area contributed by atoms with Gasteiger partial charge in [-0.1, -0.05) is 48.3 Å². The van der Waals surface area contributed by atoms with Gasteiger partial charge in [0.25, 0.3) is 0 Å². The van der Waals surface area contributed by atoms with Crippen molar-refractivity contribution in [2.45, 2.75) is 118 Å². The zero-order valence-electron chi connectivity index (χ0n) is 44.5. The quantitative estimate of drug-likeness (QED) is 0.0784. The largest absolute Gasteiger partial charge is 2.00 e. The number of ether oxygens (including phenoxy) is 1. The third-order valence-electron chi connectivity index (χ3n) is 13.1. The standard InChI is InChI=1S/C27H25N5O2.C27H28N4O4.C5H4N.CH4.BrH.Mg/c1-15-7-6-9-23(29-15)27(33,22-8-4-5-12-28-22)20-13-19(24-16(2)32-34-17(24)3)14-21-25(20)31-26(30-21)18-10-11-18;1-14-8-7-9-20(28-14)24(32)19-12-18(22-15(2)30-35-16(22)3)13-21-23(19)29-25(17-10-11-17)31(21)26(33)34-27(4,5)6;1-2-4-6-5-3-1;;;/h4-9,12-14,18,33H,10-11H2,1-3H3,(H,30,31);7-9,12-13,17H,10-11H2,1-6H3;1-4H;1H4;1H;/q;;-1;;;+2/p-1. The van der Waals surface area contributed by atoms with Crippen LogP contribution in [0.25, 0.3) is 44.3 Å². The van der Waals surface area contributed by atoms with E-state index in [1.54, 1.807) is 36.7 Å². The number of pyridine rings is 4. The number of H-pyrrole nitrogens is 1. The van der Waals surface area contributed by atoms with E-state index in [0.29, 0.717) is 68.0 Å². The first kappa shape index (κ1) is 58.4. The van der Waals surface area contributed by atoms with Crippen molar-refractivity contribution in [3.8, 4) is 22.3 Å². The molecule has 0 amide bonds. The van der Waals surface area contributed by atoms with Gasteiger partial charge in [-0.25, -0.2) is 24.3 Å². The molecule has 0 bridgehead atoms. The van der Waals surface area contributed by atoms with Crippen molar-refractivity contribution < 1.29 is 45.5 Å². The summed E-state index contributed by atoms with van der Waals surface area (Å²) in [6.07, 6.45) is 9.63. The van der Waals surface area contributed by atoms with E-state index in [4.69, 9.17) is 28.7 Å². The number of benzene rings is 2. The molecule has 10 aromatic rings. The van der Waals surface area contributed by atoms with E-state index in [2.05, 4.69) is 42.5 Å². The van der Waals surface area contributed by atoms with Crippen LogP contribution in [0.1, 0.15) is 145 Å². The average Bonchev–Trinajstić information content (AvgIpc) is 4.37. The molecule has 8 heterocycles. The Morgan fingerprint density at radius 1 is 0.718 bits per heavy atom. The summed E-state index contributed by atoms with van der Waals surface area (Å²) in [7, 11) is 0. The summed E-state index contributed by atoms with van der Waals surface area (Å²) in [6, 6.07) is 29.7. The van der Waals surface area contributed by atoms with Gasteiger partial charge in [0.15, 0.2) is 5.60 Å². The predicted octanol–water partition coefficient (Wildman–Crippen LogP) is 9.14. The molecule has 2 aliphatic carbocycles. The molecular weight excluding hydrogens is 1060 g/mol. The summed E-state index contributed by atoms with van der Waals surface area (Å²) in [6.45, 7) is 16.7. The molecule has 396 valence electrons. The van der Waals surface area contributed by atoms with E-state index in [9.17, 15) is 14.7 Å². The molecule has 2 saturated carbocycles. The van der Waals surface area contributed by atoms with Crippen LogP contribution in [0.3, 0.4) is 0 Å². The topological polar surface area (TPSA) is 214 Å². The maximum absolute atomic E-state index is 13.7. The minimum absolute atomic E-state index is 0. The van der Waals surface area contributed by atoms with Gasteiger partial charge in [-0.2, -0.15) is 18.2 Å². The van der Waals surface area contributed by atoms with E-state index in [1.807, 2.05) is 129 Å². The number of carbonyl (C=O) groups excluding carboxylic acids is 2. The van der Waals surface area contributed by atoms with Crippen LogP contribution in [0.2, 0.25) is 0 Å². The molecule has 2 aromatic carbocycles. The van der Waals surface area contributed by atoms with Gasteiger partial charge in [0.2, 0.25) is 5.78 Å². The molecule has 1 atom stereocenters. The molecule has 2 aliphatic rings. The Morgan fingerprint density at radius 2 is 1.35 bits per heavy atom. The monoisotopic (exact) mass is 1120 g/mol. The Balaban J connectivity index is 0.000000197. The van der Waals surface area contributed by atoms with Gasteiger partial charge < -0.3 is 45.8 Å². The van der Waals surface area contributed by atoms with Crippen LogP contribution in [-0.2, 0) is 10.3 Å². The zero-order valence-corrected chi connectivity index (χ0v) is 47.5. The van der Waals surface area contributed by atoms with Gasteiger partial charge in [-0.3, -0.25) is 14.8 Å². The molecule has 12 rings (SSSR count).